The van der Waals surface area contributed by atoms with E-state index in [0.717, 1.165) is 6.20 Å². The Balaban J connectivity index is 3.04. The number of fused-ring (bicyclic) bond motifs is 1. The topological polar surface area (TPSA) is 70.2 Å². The summed E-state index contributed by atoms with van der Waals surface area (Å²) >= 11 is 2.96. The number of rotatable bonds is 1. The maximum absolute atomic E-state index is 13.5. The number of aromatic carboxylic acids is 1. The summed E-state index contributed by atoms with van der Waals surface area (Å²) in [5.41, 5.74) is -0.160. The summed E-state index contributed by atoms with van der Waals surface area (Å²) in [5.74, 6) is -1.94. The van der Waals surface area contributed by atoms with Crippen molar-refractivity contribution in [2.45, 2.75) is 6.92 Å². The molecule has 0 aliphatic heterocycles. The average molecular weight is 300 g/mol. The first-order chi connectivity index (χ1) is 7.93. The van der Waals surface area contributed by atoms with Crippen LogP contribution in [0.25, 0.3) is 10.9 Å². The molecule has 0 fully saturated rings. The van der Waals surface area contributed by atoms with Crippen molar-refractivity contribution in [1.82, 2.24) is 4.98 Å². The average Bonchev–Trinajstić information content (AvgIpc) is 2.25. The Hall–Kier alpha value is -1.69. The molecule has 1 aromatic heterocycles. The minimum atomic E-state index is -1.35. The fourth-order valence-electron chi connectivity index (χ4n) is 1.65. The molecule has 88 valence electrons. The van der Waals surface area contributed by atoms with Crippen molar-refractivity contribution in [3.05, 3.63) is 43.9 Å². The van der Waals surface area contributed by atoms with Crippen LogP contribution in [0.4, 0.5) is 4.39 Å². The minimum absolute atomic E-state index is 0.0161. The van der Waals surface area contributed by atoms with Crippen LogP contribution < -0.4 is 5.43 Å². The van der Waals surface area contributed by atoms with Gasteiger partial charge in [-0.3, -0.25) is 4.79 Å². The summed E-state index contributed by atoms with van der Waals surface area (Å²) in [4.78, 5) is 25.4. The molecule has 0 spiro atoms. The van der Waals surface area contributed by atoms with Gasteiger partial charge in [-0.05, 0) is 34.5 Å². The Labute approximate surface area is 103 Å². The smallest absolute Gasteiger partial charge is 0.341 e. The highest BCUT2D eigenvalue weighted by Gasteiger charge is 2.17. The minimum Gasteiger partial charge on any atom is -0.477 e. The standard InChI is InChI=1S/C11H7BrFNO3/c1-4-2-6(13)8(12)7-9(4)14-3-5(10(7)15)11(16)17/h2-3H,1H3,(H,14,15)(H,16,17). The predicted octanol–water partition coefficient (Wildman–Crippen LogP) is 2.44. The van der Waals surface area contributed by atoms with Gasteiger partial charge in [0, 0.05) is 6.20 Å². The molecule has 0 aliphatic rings. The number of carbonyl (C=O) groups is 1. The Kier molecular flexibility index (Phi) is 2.74. The second-order valence-corrected chi connectivity index (χ2v) is 4.37. The molecule has 0 saturated heterocycles. The predicted molar refractivity (Wildman–Crippen MR) is 63.9 cm³/mol. The van der Waals surface area contributed by atoms with Gasteiger partial charge in [-0.25, -0.2) is 9.18 Å². The van der Waals surface area contributed by atoms with Crippen molar-refractivity contribution in [3.63, 3.8) is 0 Å². The Morgan fingerprint density at radius 2 is 2.18 bits per heavy atom. The van der Waals surface area contributed by atoms with E-state index in [1.54, 1.807) is 6.92 Å². The van der Waals surface area contributed by atoms with Gasteiger partial charge >= 0.3 is 5.97 Å². The molecule has 1 aromatic carbocycles. The van der Waals surface area contributed by atoms with Crippen LogP contribution in [0.1, 0.15) is 15.9 Å². The number of carboxylic acid groups (broad SMARTS) is 1. The molecular weight excluding hydrogens is 293 g/mol. The highest BCUT2D eigenvalue weighted by atomic mass is 79.9. The third kappa shape index (κ3) is 1.74. The fraction of sp³-hybridized carbons (Fsp3) is 0.0909. The van der Waals surface area contributed by atoms with Crippen LogP contribution in [0.2, 0.25) is 0 Å². The number of aromatic nitrogens is 1. The summed E-state index contributed by atoms with van der Waals surface area (Å²) in [6.45, 7) is 1.63. The first-order valence-corrected chi connectivity index (χ1v) is 5.46. The van der Waals surface area contributed by atoms with Gasteiger partial charge in [-0.2, -0.15) is 0 Å². The second-order valence-electron chi connectivity index (χ2n) is 3.58. The zero-order chi connectivity index (χ0) is 12.7. The van der Waals surface area contributed by atoms with Crippen molar-refractivity contribution in [2.24, 2.45) is 0 Å². The van der Waals surface area contributed by atoms with Gasteiger partial charge in [0.15, 0.2) is 0 Å². The van der Waals surface area contributed by atoms with Crippen LogP contribution in [0.3, 0.4) is 0 Å². The van der Waals surface area contributed by atoms with Gasteiger partial charge in [0.1, 0.15) is 11.4 Å². The van der Waals surface area contributed by atoms with Crippen LogP contribution in [-0.4, -0.2) is 16.1 Å². The molecule has 6 heteroatoms. The SMILES string of the molecule is Cc1cc(F)c(Br)c2c(=O)c(C(=O)O)c[nH]c12. The second kappa shape index (κ2) is 3.96. The maximum atomic E-state index is 13.5. The van der Waals surface area contributed by atoms with Crippen molar-refractivity contribution < 1.29 is 14.3 Å². The number of pyridine rings is 1. The summed E-state index contributed by atoms with van der Waals surface area (Å²) in [6, 6.07) is 1.27. The van der Waals surface area contributed by atoms with E-state index in [4.69, 9.17) is 5.11 Å². The molecule has 0 aliphatic carbocycles. The van der Waals surface area contributed by atoms with Crippen molar-refractivity contribution >= 4 is 32.8 Å². The van der Waals surface area contributed by atoms with E-state index in [-0.39, 0.29) is 9.86 Å². The van der Waals surface area contributed by atoms with E-state index in [2.05, 4.69) is 20.9 Å². The van der Waals surface area contributed by atoms with Crippen molar-refractivity contribution in [2.75, 3.05) is 0 Å². The zero-order valence-corrected chi connectivity index (χ0v) is 10.3. The van der Waals surface area contributed by atoms with E-state index >= 15 is 0 Å². The molecule has 0 atom stereocenters. The number of aromatic amines is 1. The molecule has 1 heterocycles. The molecule has 2 N–H and O–H groups in total. The van der Waals surface area contributed by atoms with Gasteiger partial charge in [0.2, 0.25) is 5.43 Å². The van der Waals surface area contributed by atoms with E-state index in [1.165, 1.54) is 6.07 Å². The number of nitrogens with one attached hydrogen (secondary N) is 1. The van der Waals surface area contributed by atoms with Gasteiger partial charge in [0.05, 0.1) is 15.4 Å². The third-order valence-corrected chi connectivity index (χ3v) is 3.25. The van der Waals surface area contributed by atoms with E-state index in [9.17, 15) is 14.0 Å². The molecule has 2 aromatic rings. The number of H-pyrrole nitrogens is 1. The summed E-state index contributed by atoms with van der Waals surface area (Å²) in [7, 11) is 0. The molecule has 4 nitrogen and oxygen atoms in total. The number of hydrogen-bond donors (Lipinski definition) is 2. The molecule has 0 saturated carbocycles. The van der Waals surface area contributed by atoms with E-state index in [0.29, 0.717) is 11.1 Å². The first kappa shape index (κ1) is 11.8. The maximum Gasteiger partial charge on any atom is 0.341 e. The Bertz CT molecular complexity index is 693. The van der Waals surface area contributed by atoms with Gasteiger partial charge < -0.3 is 10.1 Å². The monoisotopic (exact) mass is 299 g/mol. The zero-order valence-electron chi connectivity index (χ0n) is 8.67. The fourth-order valence-corrected chi connectivity index (χ4v) is 2.15. The molecule has 0 bridgehead atoms. The van der Waals surface area contributed by atoms with Crippen LogP contribution in [0.5, 0.6) is 0 Å². The molecule has 2 rings (SSSR count). The van der Waals surface area contributed by atoms with E-state index < -0.39 is 22.8 Å². The summed E-state index contributed by atoms with van der Waals surface area (Å²) in [5, 5.41) is 8.84. The van der Waals surface area contributed by atoms with Crippen LogP contribution in [0, 0.1) is 12.7 Å². The van der Waals surface area contributed by atoms with Crippen molar-refractivity contribution in [3.8, 4) is 0 Å². The highest BCUT2D eigenvalue weighted by Crippen LogP contribution is 2.26. The summed E-state index contributed by atoms with van der Waals surface area (Å²) < 4.78 is 13.4. The van der Waals surface area contributed by atoms with Gasteiger partial charge in [-0.15, -0.1) is 0 Å². The number of halogens is 2. The Morgan fingerprint density at radius 1 is 1.53 bits per heavy atom. The third-order valence-electron chi connectivity index (χ3n) is 2.48. The number of aryl methyl sites for hydroxylation is 1. The van der Waals surface area contributed by atoms with Crippen LogP contribution in [0.15, 0.2) is 21.5 Å². The normalized spacial score (nSPS) is 10.8. The van der Waals surface area contributed by atoms with E-state index in [1.807, 2.05) is 0 Å². The molecule has 17 heavy (non-hydrogen) atoms. The summed E-state index contributed by atoms with van der Waals surface area (Å²) in [6.07, 6.45) is 1.12. The number of carboxylic acids is 1. The Morgan fingerprint density at radius 3 is 2.76 bits per heavy atom. The lowest BCUT2D eigenvalue weighted by atomic mass is 10.1. The molecule has 0 amide bonds. The quantitative estimate of drug-likeness (QED) is 0.849. The lowest BCUT2D eigenvalue weighted by Crippen LogP contribution is -2.16. The largest absolute Gasteiger partial charge is 0.477 e. The van der Waals surface area contributed by atoms with Gasteiger partial charge in [0.25, 0.3) is 0 Å². The van der Waals surface area contributed by atoms with Gasteiger partial charge in [-0.1, -0.05) is 0 Å². The molecular formula is C11H7BrFNO3. The van der Waals surface area contributed by atoms with Crippen molar-refractivity contribution in [1.29, 1.82) is 0 Å². The van der Waals surface area contributed by atoms with Crippen LogP contribution in [-0.2, 0) is 0 Å². The lowest BCUT2D eigenvalue weighted by molar-refractivity contribution is 0.0695. The molecule has 0 radical (unpaired) electrons. The van der Waals surface area contributed by atoms with Crippen LogP contribution >= 0.6 is 15.9 Å². The lowest BCUT2D eigenvalue weighted by Gasteiger charge is -2.06. The highest BCUT2D eigenvalue weighted by molar-refractivity contribution is 9.10. The first-order valence-electron chi connectivity index (χ1n) is 4.66. The number of hydrogen-bond acceptors (Lipinski definition) is 2. The number of benzene rings is 1. The molecule has 0 unspecified atom stereocenters.